The van der Waals surface area contributed by atoms with E-state index in [0.717, 1.165) is 11.1 Å². The number of fused-ring (bicyclic) bond motifs is 3. The number of carbonyl (C=O) groups excluding carboxylic acids is 4. The Kier molecular flexibility index (Phi) is 10.9. The number of hydrogen-bond donors (Lipinski definition) is 3. The van der Waals surface area contributed by atoms with Gasteiger partial charge < -0.3 is 25.4 Å². The van der Waals surface area contributed by atoms with Gasteiger partial charge in [-0.15, -0.1) is 0 Å². The molecule has 4 rings (SSSR count). The van der Waals surface area contributed by atoms with Crippen LogP contribution in [-0.4, -0.2) is 72.3 Å². The molecule has 0 bridgehead atoms. The summed E-state index contributed by atoms with van der Waals surface area (Å²) in [4.78, 5) is 52.8. The molecule has 2 aromatic carbocycles. The molecule has 10 nitrogen and oxygen atoms in total. The number of nitrogens with zero attached hydrogens (tertiary/aromatic N) is 1. The number of unbranched alkanes of at least 4 members (excludes halogenated alkanes) is 1. The number of likely N-dealkylation sites (tertiary alicyclic amines) is 1. The highest BCUT2D eigenvalue weighted by Crippen LogP contribution is 2.44. The number of amides is 4. The zero-order valence-corrected chi connectivity index (χ0v) is 26.5. The van der Waals surface area contributed by atoms with E-state index in [0.29, 0.717) is 45.2 Å². The lowest BCUT2D eigenvalue weighted by molar-refractivity contribution is -0.131. The molecule has 2 atom stereocenters. The first kappa shape index (κ1) is 32.8. The lowest BCUT2D eigenvalue weighted by Crippen LogP contribution is -2.54. The van der Waals surface area contributed by atoms with Gasteiger partial charge >= 0.3 is 12.2 Å². The predicted molar refractivity (Wildman–Crippen MR) is 168 cm³/mol. The monoisotopic (exact) mass is 606 g/mol. The van der Waals surface area contributed by atoms with Crippen LogP contribution < -0.4 is 16.0 Å². The number of alkyl carbamates (subject to hydrolysis) is 1. The molecule has 2 aliphatic rings. The van der Waals surface area contributed by atoms with Crippen LogP contribution in [0.2, 0.25) is 0 Å². The first-order valence-corrected chi connectivity index (χ1v) is 15.6. The fourth-order valence-corrected chi connectivity index (χ4v) is 5.81. The molecule has 4 amide bonds. The number of nitrogens with one attached hydrogen (secondary N) is 3. The SMILES string of the molecule is CC(C)NC(=O)[C@@H](CCCCNC(=O)OCC1c2ccccc2-c2ccccc21)NC(=O)C1CCCN1C(=O)OC(C)(C)C. The number of rotatable bonds is 11. The Morgan fingerprint density at radius 2 is 1.57 bits per heavy atom. The molecule has 0 spiro atoms. The number of hydrogen-bond acceptors (Lipinski definition) is 6. The van der Waals surface area contributed by atoms with E-state index in [4.69, 9.17) is 9.47 Å². The summed E-state index contributed by atoms with van der Waals surface area (Å²) < 4.78 is 11.1. The van der Waals surface area contributed by atoms with Gasteiger partial charge in [0, 0.05) is 25.0 Å². The molecule has 238 valence electrons. The Bertz CT molecular complexity index is 1290. The second kappa shape index (κ2) is 14.6. The van der Waals surface area contributed by atoms with Gasteiger partial charge in [-0.05, 0) is 89.0 Å². The van der Waals surface area contributed by atoms with Crippen LogP contribution in [0.3, 0.4) is 0 Å². The number of benzene rings is 2. The third kappa shape index (κ3) is 8.51. The average molecular weight is 607 g/mol. The summed E-state index contributed by atoms with van der Waals surface area (Å²) in [6.07, 6.45) is 1.74. The van der Waals surface area contributed by atoms with Gasteiger partial charge in [-0.2, -0.15) is 0 Å². The van der Waals surface area contributed by atoms with Gasteiger partial charge in [-0.3, -0.25) is 14.5 Å². The van der Waals surface area contributed by atoms with Crippen molar-refractivity contribution in [3.05, 3.63) is 59.7 Å². The molecule has 1 heterocycles. The van der Waals surface area contributed by atoms with Crippen LogP contribution in [0.5, 0.6) is 0 Å². The van der Waals surface area contributed by atoms with Crippen LogP contribution >= 0.6 is 0 Å². The highest BCUT2D eigenvalue weighted by Gasteiger charge is 2.38. The van der Waals surface area contributed by atoms with E-state index < -0.39 is 29.9 Å². The molecule has 0 saturated carbocycles. The Hall–Kier alpha value is -4.08. The van der Waals surface area contributed by atoms with Crippen molar-refractivity contribution in [1.82, 2.24) is 20.9 Å². The van der Waals surface area contributed by atoms with E-state index in [2.05, 4.69) is 40.2 Å². The zero-order chi connectivity index (χ0) is 31.9. The van der Waals surface area contributed by atoms with Crippen LogP contribution in [0.15, 0.2) is 48.5 Å². The van der Waals surface area contributed by atoms with Gasteiger partial charge in [-0.25, -0.2) is 9.59 Å². The summed E-state index contributed by atoms with van der Waals surface area (Å²) >= 11 is 0. The van der Waals surface area contributed by atoms with Crippen molar-refractivity contribution >= 4 is 24.0 Å². The molecule has 44 heavy (non-hydrogen) atoms. The highest BCUT2D eigenvalue weighted by atomic mass is 16.6. The second-order valence-electron chi connectivity index (χ2n) is 12.8. The normalized spacial score (nSPS) is 16.6. The van der Waals surface area contributed by atoms with Gasteiger partial charge in [0.2, 0.25) is 11.8 Å². The molecule has 1 aliphatic heterocycles. The Labute approximate surface area is 260 Å². The van der Waals surface area contributed by atoms with Crippen LogP contribution in [0.25, 0.3) is 11.1 Å². The summed E-state index contributed by atoms with van der Waals surface area (Å²) in [5.74, 6) is -0.656. The molecule has 2 aromatic rings. The van der Waals surface area contributed by atoms with Crippen molar-refractivity contribution in [1.29, 1.82) is 0 Å². The summed E-state index contributed by atoms with van der Waals surface area (Å²) in [7, 11) is 0. The zero-order valence-electron chi connectivity index (χ0n) is 26.5. The summed E-state index contributed by atoms with van der Waals surface area (Å²) in [6.45, 7) is 10.1. The number of carbonyl (C=O) groups is 4. The minimum Gasteiger partial charge on any atom is -0.449 e. The maximum Gasteiger partial charge on any atom is 0.410 e. The maximum absolute atomic E-state index is 13.2. The van der Waals surface area contributed by atoms with Crippen molar-refractivity contribution in [3.63, 3.8) is 0 Å². The van der Waals surface area contributed by atoms with E-state index >= 15 is 0 Å². The molecule has 1 fully saturated rings. The average Bonchev–Trinajstić information content (AvgIpc) is 3.58. The number of ether oxygens (including phenoxy) is 2. The van der Waals surface area contributed by atoms with Gasteiger partial charge in [0.1, 0.15) is 24.3 Å². The lowest BCUT2D eigenvalue weighted by atomic mass is 9.98. The van der Waals surface area contributed by atoms with Crippen LogP contribution in [0.4, 0.5) is 9.59 Å². The molecule has 3 N–H and O–H groups in total. The van der Waals surface area contributed by atoms with Crippen molar-refractivity contribution in [2.24, 2.45) is 0 Å². The van der Waals surface area contributed by atoms with Gasteiger partial charge in [0.25, 0.3) is 0 Å². The largest absolute Gasteiger partial charge is 0.449 e. The van der Waals surface area contributed by atoms with Crippen molar-refractivity contribution in [3.8, 4) is 11.1 Å². The molecular weight excluding hydrogens is 560 g/mol. The van der Waals surface area contributed by atoms with Gasteiger partial charge in [-0.1, -0.05) is 48.5 Å². The standard InChI is InChI=1S/C34H46N4O6/c1-22(2)36-30(39)28(37-31(40)29-18-12-20-38(29)33(42)44-34(3,4)5)17-10-11-19-35-32(41)43-21-27-25-15-8-6-13-23(25)24-14-7-9-16-26(24)27/h6-9,13-16,22,27-29H,10-12,17-21H2,1-5H3,(H,35,41)(H,36,39)(H,37,40)/t28-,29?/m1/s1. The molecule has 1 unspecified atom stereocenters. The third-order valence-electron chi connectivity index (χ3n) is 7.78. The maximum atomic E-state index is 13.2. The Balaban J connectivity index is 1.24. The molecule has 1 saturated heterocycles. The molecule has 1 aliphatic carbocycles. The third-order valence-corrected chi connectivity index (χ3v) is 7.78. The predicted octanol–water partition coefficient (Wildman–Crippen LogP) is 5.10. The fourth-order valence-electron chi connectivity index (χ4n) is 5.81. The minimum atomic E-state index is -0.763. The topological polar surface area (TPSA) is 126 Å². The van der Waals surface area contributed by atoms with Crippen molar-refractivity contribution in [2.45, 2.75) is 96.4 Å². The smallest absolute Gasteiger partial charge is 0.410 e. The highest BCUT2D eigenvalue weighted by molar-refractivity contribution is 5.91. The van der Waals surface area contributed by atoms with E-state index in [1.165, 1.54) is 16.0 Å². The van der Waals surface area contributed by atoms with E-state index in [1.807, 2.05) is 38.1 Å². The van der Waals surface area contributed by atoms with Gasteiger partial charge in [0.05, 0.1) is 0 Å². The summed E-state index contributed by atoms with van der Waals surface area (Å²) in [5.41, 5.74) is 3.98. The summed E-state index contributed by atoms with van der Waals surface area (Å²) in [6, 6.07) is 14.8. The van der Waals surface area contributed by atoms with E-state index in [1.54, 1.807) is 20.8 Å². The van der Waals surface area contributed by atoms with Crippen LogP contribution in [0, 0.1) is 0 Å². The molecular formula is C34H46N4O6. The second-order valence-corrected chi connectivity index (χ2v) is 12.8. The Morgan fingerprint density at radius 1 is 0.932 bits per heavy atom. The minimum absolute atomic E-state index is 0.0110. The van der Waals surface area contributed by atoms with Crippen molar-refractivity contribution < 1.29 is 28.7 Å². The van der Waals surface area contributed by atoms with E-state index in [-0.39, 0.29) is 30.4 Å². The molecule has 0 aromatic heterocycles. The Morgan fingerprint density at radius 3 is 2.18 bits per heavy atom. The molecule has 0 radical (unpaired) electrons. The van der Waals surface area contributed by atoms with Crippen LogP contribution in [-0.2, 0) is 19.1 Å². The first-order chi connectivity index (χ1) is 20.9. The lowest BCUT2D eigenvalue weighted by Gasteiger charge is -2.29. The van der Waals surface area contributed by atoms with Crippen LogP contribution in [0.1, 0.15) is 83.8 Å². The van der Waals surface area contributed by atoms with Crippen molar-refractivity contribution in [2.75, 3.05) is 19.7 Å². The fraction of sp³-hybridized carbons (Fsp3) is 0.529. The van der Waals surface area contributed by atoms with Gasteiger partial charge in [0.15, 0.2) is 0 Å². The summed E-state index contributed by atoms with van der Waals surface area (Å²) in [5, 5.41) is 8.54. The quantitative estimate of drug-likeness (QED) is 0.306. The first-order valence-electron chi connectivity index (χ1n) is 15.6. The van der Waals surface area contributed by atoms with E-state index in [9.17, 15) is 19.2 Å². The molecule has 10 heteroatoms.